The van der Waals surface area contributed by atoms with E-state index >= 15 is 0 Å². The predicted octanol–water partition coefficient (Wildman–Crippen LogP) is 5.47. The van der Waals surface area contributed by atoms with Gasteiger partial charge in [0.25, 0.3) is 0 Å². The minimum Gasteiger partial charge on any atom is -0.381 e. The van der Waals surface area contributed by atoms with Gasteiger partial charge >= 0.3 is 5.51 Å². The quantitative estimate of drug-likeness (QED) is 0.735. The molecule has 0 bridgehead atoms. The lowest BCUT2D eigenvalue weighted by Crippen LogP contribution is -2.02. The van der Waals surface area contributed by atoms with Gasteiger partial charge in [0.2, 0.25) is 0 Å². The minimum absolute atomic E-state index is 0.0904. The summed E-state index contributed by atoms with van der Waals surface area (Å²) >= 11 is -0.0904. The van der Waals surface area contributed by atoms with E-state index in [0.717, 1.165) is 17.7 Å². The predicted molar refractivity (Wildman–Crippen MR) is 81.5 cm³/mol. The summed E-state index contributed by atoms with van der Waals surface area (Å²) in [5.74, 6) is 0. The van der Waals surface area contributed by atoms with Crippen LogP contribution in [0, 0.1) is 0 Å². The largest absolute Gasteiger partial charge is 0.446 e. The highest BCUT2D eigenvalue weighted by Crippen LogP contribution is 2.36. The Morgan fingerprint density at radius 1 is 1.00 bits per heavy atom. The second-order valence-corrected chi connectivity index (χ2v) is 5.69. The fourth-order valence-electron chi connectivity index (χ4n) is 2.01. The van der Waals surface area contributed by atoms with Gasteiger partial charge in [-0.15, -0.1) is 0 Å². The Morgan fingerprint density at radius 3 is 2.29 bits per heavy atom. The Bertz CT molecular complexity index is 579. The summed E-state index contributed by atoms with van der Waals surface area (Å²) in [6.45, 7) is 2.68. The van der Waals surface area contributed by atoms with Crippen LogP contribution >= 0.6 is 11.8 Å². The molecule has 0 heterocycles. The van der Waals surface area contributed by atoms with Crippen LogP contribution in [0.3, 0.4) is 0 Å². The number of halogens is 3. The second kappa shape index (κ2) is 6.89. The highest BCUT2D eigenvalue weighted by Gasteiger charge is 2.28. The molecular formula is C16H16F3NS. The van der Waals surface area contributed by atoms with E-state index < -0.39 is 5.51 Å². The average Bonchev–Trinajstić information content (AvgIpc) is 2.45. The molecule has 0 aliphatic rings. The standard InChI is InChI=1S/C16H16F3NS/c1-2-13-5-3-4-6-15(13)20-11-12-7-9-14(10-8-12)21-16(17,18)19/h3-10,20H,2,11H2,1H3. The SMILES string of the molecule is CCc1ccccc1NCc1ccc(SC(F)(F)F)cc1. The van der Waals surface area contributed by atoms with Crippen LogP contribution in [0.25, 0.3) is 0 Å². The Labute approximate surface area is 126 Å². The zero-order valence-corrected chi connectivity index (χ0v) is 12.4. The number of thioether (sulfide) groups is 1. The first-order valence-corrected chi connectivity index (χ1v) is 7.46. The number of para-hydroxylation sites is 1. The lowest BCUT2D eigenvalue weighted by Gasteiger charge is -2.11. The van der Waals surface area contributed by atoms with Crippen LogP contribution in [0.2, 0.25) is 0 Å². The third-order valence-corrected chi connectivity index (χ3v) is 3.78. The summed E-state index contributed by atoms with van der Waals surface area (Å²) in [6.07, 6.45) is 0.935. The molecule has 1 N–H and O–H groups in total. The zero-order valence-electron chi connectivity index (χ0n) is 11.6. The summed E-state index contributed by atoms with van der Waals surface area (Å²) in [5.41, 5.74) is -0.997. The Hall–Kier alpha value is -1.62. The first kappa shape index (κ1) is 15.8. The lowest BCUT2D eigenvalue weighted by atomic mass is 10.1. The summed E-state index contributed by atoms with van der Waals surface area (Å²) in [7, 11) is 0. The van der Waals surface area contributed by atoms with Gasteiger partial charge in [0.1, 0.15) is 0 Å². The van der Waals surface area contributed by atoms with Crippen LogP contribution in [0.15, 0.2) is 53.4 Å². The van der Waals surface area contributed by atoms with Crippen LogP contribution < -0.4 is 5.32 Å². The van der Waals surface area contributed by atoms with E-state index in [0.29, 0.717) is 6.54 Å². The molecule has 2 aromatic rings. The van der Waals surface area contributed by atoms with Gasteiger partial charge < -0.3 is 5.32 Å². The van der Waals surface area contributed by atoms with Crippen molar-refractivity contribution in [2.75, 3.05) is 5.32 Å². The number of nitrogens with one attached hydrogen (secondary N) is 1. The van der Waals surface area contributed by atoms with Gasteiger partial charge in [0.15, 0.2) is 0 Å². The molecule has 21 heavy (non-hydrogen) atoms. The molecule has 0 saturated heterocycles. The Morgan fingerprint density at radius 2 is 1.67 bits per heavy atom. The third-order valence-electron chi connectivity index (χ3n) is 3.04. The average molecular weight is 311 g/mol. The van der Waals surface area contributed by atoms with Crippen molar-refractivity contribution < 1.29 is 13.2 Å². The molecule has 2 aromatic carbocycles. The van der Waals surface area contributed by atoms with E-state index in [1.54, 1.807) is 12.1 Å². The summed E-state index contributed by atoms with van der Waals surface area (Å²) < 4.78 is 36.7. The number of anilines is 1. The van der Waals surface area contributed by atoms with Crippen molar-refractivity contribution in [3.63, 3.8) is 0 Å². The number of benzene rings is 2. The molecule has 5 heteroatoms. The number of alkyl halides is 3. The van der Waals surface area contributed by atoms with Gasteiger partial charge in [-0.2, -0.15) is 13.2 Å². The molecular weight excluding hydrogens is 295 g/mol. The molecule has 2 rings (SSSR count). The van der Waals surface area contributed by atoms with Crippen LogP contribution in [-0.4, -0.2) is 5.51 Å². The van der Waals surface area contributed by atoms with E-state index in [1.165, 1.54) is 17.7 Å². The van der Waals surface area contributed by atoms with Crippen LogP contribution in [-0.2, 0) is 13.0 Å². The normalized spacial score (nSPS) is 11.4. The molecule has 112 valence electrons. The maximum absolute atomic E-state index is 12.2. The van der Waals surface area contributed by atoms with Crippen molar-refractivity contribution >= 4 is 17.4 Å². The zero-order chi connectivity index (χ0) is 15.3. The van der Waals surface area contributed by atoms with Crippen molar-refractivity contribution in [3.05, 3.63) is 59.7 Å². The summed E-state index contributed by atoms with van der Waals surface area (Å²) in [5, 5.41) is 3.32. The second-order valence-electron chi connectivity index (χ2n) is 4.56. The van der Waals surface area contributed by atoms with Crippen molar-refractivity contribution in [1.29, 1.82) is 0 Å². The minimum atomic E-state index is -4.24. The van der Waals surface area contributed by atoms with E-state index in [9.17, 15) is 13.2 Å². The topological polar surface area (TPSA) is 12.0 Å². The van der Waals surface area contributed by atoms with E-state index in [2.05, 4.69) is 18.3 Å². The molecule has 1 nitrogen and oxygen atoms in total. The number of hydrogen-bond donors (Lipinski definition) is 1. The fraction of sp³-hybridized carbons (Fsp3) is 0.250. The highest BCUT2D eigenvalue weighted by molar-refractivity contribution is 8.00. The monoisotopic (exact) mass is 311 g/mol. The third kappa shape index (κ3) is 5.01. The highest BCUT2D eigenvalue weighted by atomic mass is 32.2. The number of rotatable bonds is 5. The van der Waals surface area contributed by atoms with E-state index in [4.69, 9.17) is 0 Å². The molecule has 0 aliphatic heterocycles. The summed E-state index contributed by atoms with van der Waals surface area (Å²) in [4.78, 5) is 0.209. The summed E-state index contributed by atoms with van der Waals surface area (Å²) in [6, 6.07) is 14.5. The van der Waals surface area contributed by atoms with Crippen molar-refractivity contribution in [2.24, 2.45) is 0 Å². The van der Waals surface area contributed by atoms with Crippen LogP contribution in [0.1, 0.15) is 18.1 Å². The molecule has 0 radical (unpaired) electrons. The van der Waals surface area contributed by atoms with Crippen molar-refractivity contribution in [1.82, 2.24) is 0 Å². The molecule has 0 atom stereocenters. The van der Waals surface area contributed by atoms with Gasteiger partial charge in [-0.1, -0.05) is 37.3 Å². The van der Waals surface area contributed by atoms with Gasteiger partial charge in [-0.05, 0) is 47.5 Å². The van der Waals surface area contributed by atoms with Gasteiger partial charge in [0.05, 0.1) is 0 Å². The molecule has 0 aromatic heterocycles. The first-order chi connectivity index (χ1) is 9.98. The maximum atomic E-state index is 12.2. The molecule has 0 spiro atoms. The number of hydrogen-bond acceptors (Lipinski definition) is 2. The smallest absolute Gasteiger partial charge is 0.381 e. The van der Waals surface area contributed by atoms with Crippen molar-refractivity contribution in [2.45, 2.75) is 30.3 Å². The molecule has 0 unspecified atom stereocenters. The Balaban J connectivity index is 1.98. The maximum Gasteiger partial charge on any atom is 0.446 e. The Kier molecular flexibility index (Phi) is 5.17. The van der Waals surface area contributed by atoms with Gasteiger partial charge in [-0.3, -0.25) is 0 Å². The van der Waals surface area contributed by atoms with Gasteiger partial charge in [0, 0.05) is 17.1 Å². The molecule has 0 saturated carbocycles. The number of aryl methyl sites for hydroxylation is 1. The fourth-order valence-corrected chi connectivity index (χ4v) is 2.55. The van der Waals surface area contributed by atoms with Crippen molar-refractivity contribution in [3.8, 4) is 0 Å². The first-order valence-electron chi connectivity index (χ1n) is 6.64. The van der Waals surface area contributed by atoms with E-state index in [-0.39, 0.29) is 16.7 Å². The molecule has 0 fully saturated rings. The van der Waals surface area contributed by atoms with Crippen LogP contribution in [0.4, 0.5) is 18.9 Å². The van der Waals surface area contributed by atoms with Crippen LogP contribution in [0.5, 0.6) is 0 Å². The molecule has 0 amide bonds. The van der Waals surface area contributed by atoms with E-state index in [1.807, 2.05) is 18.2 Å². The lowest BCUT2D eigenvalue weighted by molar-refractivity contribution is -0.0328. The molecule has 0 aliphatic carbocycles. The van der Waals surface area contributed by atoms with Gasteiger partial charge in [-0.25, -0.2) is 0 Å².